The molecule has 7 heteroatoms. The molecule has 4 fully saturated rings. The zero-order chi connectivity index (χ0) is 27.3. The third-order valence-electron chi connectivity index (χ3n) is 10.1. The number of piperidine rings is 2. The summed E-state index contributed by atoms with van der Waals surface area (Å²) < 4.78 is 0. The Bertz CT molecular complexity index is 947. The van der Waals surface area contributed by atoms with Gasteiger partial charge >= 0.3 is 0 Å². The van der Waals surface area contributed by atoms with Gasteiger partial charge in [0.25, 0.3) is 0 Å². The Labute approximate surface area is 235 Å². The minimum atomic E-state index is -0.827. The summed E-state index contributed by atoms with van der Waals surface area (Å²) in [6.07, 6.45) is 10.7. The number of piperazine rings is 1. The zero-order valence-corrected chi connectivity index (χ0v) is 24.1. The molecule has 1 spiro atoms. The molecule has 0 bridgehead atoms. The molecule has 3 aliphatic heterocycles. The van der Waals surface area contributed by atoms with E-state index in [-0.39, 0.29) is 11.8 Å². The highest BCUT2D eigenvalue weighted by molar-refractivity contribution is 6.00. The van der Waals surface area contributed by atoms with Crippen LogP contribution in [-0.2, 0) is 16.1 Å². The van der Waals surface area contributed by atoms with E-state index < -0.39 is 17.2 Å². The van der Waals surface area contributed by atoms with Crippen LogP contribution in [0.1, 0.15) is 89.5 Å². The number of benzene rings is 1. The van der Waals surface area contributed by atoms with Gasteiger partial charge in [-0.05, 0) is 69.5 Å². The Morgan fingerprint density at radius 2 is 1.62 bits per heavy atom. The predicted molar refractivity (Wildman–Crippen MR) is 154 cm³/mol. The molecule has 1 saturated carbocycles. The molecule has 0 aromatic heterocycles. The topological polar surface area (TPSA) is 76.1 Å². The summed E-state index contributed by atoms with van der Waals surface area (Å²) >= 11 is 0. The number of carbonyl (C=O) groups is 2. The third kappa shape index (κ3) is 6.68. The highest BCUT2D eigenvalue weighted by atomic mass is 16.3. The van der Waals surface area contributed by atoms with Crippen LogP contribution in [0.15, 0.2) is 30.3 Å². The molecule has 2 amide bonds. The molecule has 216 valence electrons. The number of nitrogens with zero attached hydrogens (tertiary/aromatic N) is 3. The van der Waals surface area contributed by atoms with Crippen molar-refractivity contribution in [2.45, 2.75) is 108 Å². The van der Waals surface area contributed by atoms with Gasteiger partial charge < -0.3 is 20.2 Å². The number of unbranched alkanes of at least 4 members (excludes halogenated alkanes) is 1. The van der Waals surface area contributed by atoms with Gasteiger partial charge in [0.2, 0.25) is 11.8 Å². The summed E-state index contributed by atoms with van der Waals surface area (Å²) in [6, 6.07) is 10.2. The van der Waals surface area contributed by atoms with E-state index in [1.807, 2.05) is 4.90 Å². The van der Waals surface area contributed by atoms with Crippen LogP contribution in [0.5, 0.6) is 0 Å². The maximum absolute atomic E-state index is 13.8. The number of amides is 2. The molecule has 3 heterocycles. The van der Waals surface area contributed by atoms with E-state index in [1.54, 1.807) is 0 Å². The first-order chi connectivity index (χ1) is 18.9. The molecule has 1 aliphatic carbocycles. The second kappa shape index (κ2) is 12.7. The minimum Gasteiger partial charge on any atom is -0.390 e. The molecule has 3 saturated heterocycles. The standard InChI is InChI=1S/C32H50N4O3/c1-2-3-18-36-29(37)28(23-31(39)14-8-5-9-15-31)33-30(38)32(36)16-21-35(22-17-32)25-27-12-19-34(20-13-27)24-26-10-6-4-7-11-26/h4,6-7,10-11,27-28,39H,2-3,5,8-9,12-25H2,1H3,(H,33,38)/t28-/m1/s1. The van der Waals surface area contributed by atoms with Crippen LogP contribution in [0.2, 0.25) is 0 Å². The first-order valence-corrected chi connectivity index (χ1v) is 15.7. The number of hydrogen-bond acceptors (Lipinski definition) is 5. The minimum absolute atomic E-state index is 0.0106. The van der Waals surface area contributed by atoms with Gasteiger partial charge in [-0.15, -0.1) is 0 Å². The molecule has 4 aliphatic rings. The van der Waals surface area contributed by atoms with Gasteiger partial charge in [0.05, 0.1) is 5.60 Å². The average Bonchev–Trinajstić information content (AvgIpc) is 2.95. The lowest BCUT2D eigenvalue weighted by Crippen LogP contribution is -2.73. The van der Waals surface area contributed by atoms with Gasteiger partial charge in [0.15, 0.2) is 0 Å². The fourth-order valence-electron chi connectivity index (χ4n) is 7.59. The van der Waals surface area contributed by atoms with Crippen LogP contribution < -0.4 is 5.32 Å². The first kappa shape index (κ1) is 28.6. The summed E-state index contributed by atoms with van der Waals surface area (Å²) in [7, 11) is 0. The van der Waals surface area contributed by atoms with E-state index in [0.29, 0.717) is 31.7 Å². The SMILES string of the molecule is CCCCN1C(=O)[C@@H](CC2(O)CCCCC2)NC(=O)C12CCN(CC1CCN(Cc3ccccc3)CC1)CC2. The fraction of sp³-hybridized carbons (Fsp3) is 0.750. The summed E-state index contributed by atoms with van der Waals surface area (Å²) in [5.74, 6) is 0.738. The number of aliphatic hydroxyl groups is 1. The molecule has 2 N–H and O–H groups in total. The van der Waals surface area contributed by atoms with Crippen molar-refractivity contribution < 1.29 is 14.7 Å². The van der Waals surface area contributed by atoms with Crippen LogP contribution in [-0.4, -0.2) is 88.1 Å². The Morgan fingerprint density at radius 3 is 2.28 bits per heavy atom. The monoisotopic (exact) mass is 538 g/mol. The Kier molecular flexibility index (Phi) is 9.30. The smallest absolute Gasteiger partial charge is 0.246 e. The van der Waals surface area contributed by atoms with Crippen LogP contribution in [0.4, 0.5) is 0 Å². The fourth-order valence-corrected chi connectivity index (χ4v) is 7.59. The summed E-state index contributed by atoms with van der Waals surface area (Å²) in [5, 5.41) is 14.3. The number of carbonyl (C=O) groups excluding carboxylic acids is 2. The number of rotatable bonds is 9. The number of likely N-dealkylation sites (tertiary alicyclic amines) is 2. The van der Waals surface area contributed by atoms with E-state index in [2.05, 4.69) is 52.4 Å². The number of hydrogen-bond donors (Lipinski definition) is 2. The van der Waals surface area contributed by atoms with Gasteiger partial charge in [-0.2, -0.15) is 0 Å². The van der Waals surface area contributed by atoms with E-state index in [4.69, 9.17) is 0 Å². The van der Waals surface area contributed by atoms with Crippen LogP contribution in [0.3, 0.4) is 0 Å². The molecule has 0 unspecified atom stereocenters. The maximum Gasteiger partial charge on any atom is 0.246 e. The zero-order valence-electron chi connectivity index (χ0n) is 24.1. The molecule has 1 atom stereocenters. The number of nitrogens with one attached hydrogen (secondary N) is 1. The average molecular weight is 539 g/mol. The van der Waals surface area contributed by atoms with Crippen molar-refractivity contribution in [1.29, 1.82) is 0 Å². The quantitative estimate of drug-likeness (QED) is 0.498. The molecule has 1 aromatic carbocycles. The van der Waals surface area contributed by atoms with Crippen LogP contribution >= 0.6 is 0 Å². The molecular formula is C32H50N4O3. The molecule has 5 rings (SSSR count). The molecular weight excluding hydrogens is 488 g/mol. The highest BCUT2D eigenvalue weighted by Gasteiger charge is 2.54. The van der Waals surface area contributed by atoms with Crippen molar-refractivity contribution >= 4 is 11.8 Å². The van der Waals surface area contributed by atoms with Crippen molar-refractivity contribution in [2.75, 3.05) is 39.3 Å². The van der Waals surface area contributed by atoms with Gasteiger partial charge in [0.1, 0.15) is 11.6 Å². The lowest BCUT2D eigenvalue weighted by molar-refractivity contribution is -0.163. The van der Waals surface area contributed by atoms with Crippen molar-refractivity contribution in [2.24, 2.45) is 5.92 Å². The van der Waals surface area contributed by atoms with Gasteiger partial charge in [-0.3, -0.25) is 14.5 Å². The van der Waals surface area contributed by atoms with Crippen molar-refractivity contribution in [3.05, 3.63) is 35.9 Å². The third-order valence-corrected chi connectivity index (χ3v) is 10.1. The van der Waals surface area contributed by atoms with E-state index in [1.165, 1.54) is 18.4 Å². The van der Waals surface area contributed by atoms with Gasteiger partial charge in [-0.1, -0.05) is 62.9 Å². The van der Waals surface area contributed by atoms with Gasteiger partial charge in [0, 0.05) is 39.1 Å². The lowest BCUT2D eigenvalue weighted by Gasteiger charge is -2.52. The summed E-state index contributed by atoms with van der Waals surface area (Å²) in [6.45, 7) is 8.92. The molecule has 39 heavy (non-hydrogen) atoms. The normalized spacial score (nSPS) is 26.6. The summed E-state index contributed by atoms with van der Waals surface area (Å²) in [4.78, 5) is 34.6. The Hall–Kier alpha value is -1.96. The molecule has 0 radical (unpaired) electrons. The highest BCUT2D eigenvalue weighted by Crippen LogP contribution is 2.38. The van der Waals surface area contributed by atoms with E-state index in [0.717, 1.165) is 84.2 Å². The van der Waals surface area contributed by atoms with Crippen LogP contribution in [0.25, 0.3) is 0 Å². The van der Waals surface area contributed by atoms with E-state index in [9.17, 15) is 14.7 Å². The largest absolute Gasteiger partial charge is 0.390 e. The lowest BCUT2D eigenvalue weighted by atomic mass is 9.77. The Morgan fingerprint density at radius 1 is 0.923 bits per heavy atom. The second-order valence-electron chi connectivity index (χ2n) is 12.9. The summed E-state index contributed by atoms with van der Waals surface area (Å²) in [5.41, 5.74) is -0.166. The second-order valence-corrected chi connectivity index (χ2v) is 12.9. The Balaban J connectivity index is 1.15. The van der Waals surface area contributed by atoms with Crippen molar-refractivity contribution in [1.82, 2.24) is 20.0 Å². The molecule has 7 nitrogen and oxygen atoms in total. The first-order valence-electron chi connectivity index (χ1n) is 15.7. The maximum atomic E-state index is 13.8. The van der Waals surface area contributed by atoms with E-state index >= 15 is 0 Å². The molecule has 1 aromatic rings. The van der Waals surface area contributed by atoms with Crippen molar-refractivity contribution in [3.63, 3.8) is 0 Å². The predicted octanol–water partition coefficient (Wildman–Crippen LogP) is 3.95. The van der Waals surface area contributed by atoms with Crippen LogP contribution in [0, 0.1) is 5.92 Å². The van der Waals surface area contributed by atoms with Gasteiger partial charge in [-0.25, -0.2) is 0 Å². The van der Waals surface area contributed by atoms with Crippen molar-refractivity contribution in [3.8, 4) is 0 Å².